The van der Waals surface area contributed by atoms with Gasteiger partial charge in [-0.25, -0.2) is 4.39 Å². The van der Waals surface area contributed by atoms with Crippen molar-refractivity contribution in [3.05, 3.63) is 53.3 Å². The molecule has 0 spiro atoms. The Morgan fingerprint density at radius 3 is 2.50 bits per heavy atom. The normalized spacial score (nSPS) is 17.9. The van der Waals surface area contributed by atoms with Crippen molar-refractivity contribution < 1.29 is 19.0 Å². The zero-order chi connectivity index (χ0) is 17.1. The summed E-state index contributed by atoms with van der Waals surface area (Å²) in [4.78, 5) is 2.32. The van der Waals surface area contributed by atoms with Crippen molar-refractivity contribution in [2.45, 2.75) is 25.4 Å². The Labute approximate surface area is 141 Å². The van der Waals surface area contributed by atoms with E-state index in [1.165, 1.54) is 20.3 Å². The van der Waals surface area contributed by atoms with Gasteiger partial charge in [0, 0.05) is 12.6 Å². The van der Waals surface area contributed by atoms with E-state index in [1.54, 1.807) is 12.1 Å². The molecular formula is C19H22FNO3. The molecule has 0 saturated carbocycles. The van der Waals surface area contributed by atoms with Crippen LogP contribution in [0, 0.1) is 5.82 Å². The van der Waals surface area contributed by atoms with Gasteiger partial charge in [-0.05, 0) is 54.8 Å². The van der Waals surface area contributed by atoms with Crippen molar-refractivity contribution in [1.82, 2.24) is 4.90 Å². The summed E-state index contributed by atoms with van der Waals surface area (Å²) < 4.78 is 24.0. The molecule has 1 atom stereocenters. The topological polar surface area (TPSA) is 41.9 Å². The van der Waals surface area contributed by atoms with Crippen LogP contribution in [0.15, 0.2) is 36.4 Å². The van der Waals surface area contributed by atoms with Gasteiger partial charge in [0.2, 0.25) is 5.75 Å². The van der Waals surface area contributed by atoms with Crippen molar-refractivity contribution in [1.29, 1.82) is 0 Å². The van der Waals surface area contributed by atoms with Gasteiger partial charge in [-0.15, -0.1) is 0 Å². The van der Waals surface area contributed by atoms with Crippen LogP contribution in [0.2, 0.25) is 0 Å². The molecule has 5 heteroatoms. The molecule has 1 aliphatic rings. The van der Waals surface area contributed by atoms with Gasteiger partial charge in [0.25, 0.3) is 0 Å². The molecule has 0 amide bonds. The number of ether oxygens (including phenoxy) is 2. The number of benzene rings is 2. The van der Waals surface area contributed by atoms with Gasteiger partial charge in [-0.3, -0.25) is 4.90 Å². The minimum atomic E-state index is -0.202. The minimum Gasteiger partial charge on any atom is -0.502 e. The van der Waals surface area contributed by atoms with Crippen LogP contribution in [0.1, 0.15) is 30.0 Å². The molecule has 0 radical (unpaired) electrons. The first kappa shape index (κ1) is 16.6. The SMILES string of the molecule is COc1cc(CN2CCC[C@@H]2c2cccc(F)c2)cc(OC)c1O. The first-order valence-electron chi connectivity index (χ1n) is 8.05. The Bertz CT molecular complexity index is 695. The van der Waals surface area contributed by atoms with Gasteiger partial charge in [-0.1, -0.05) is 12.1 Å². The van der Waals surface area contributed by atoms with Crippen LogP contribution >= 0.6 is 0 Å². The number of rotatable bonds is 5. The first-order chi connectivity index (χ1) is 11.6. The lowest BCUT2D eigenvalue weighted by molar-refractivity contribution is 0.247. The molecule has 4 nitrogen and oxygen atoms in total. The largest absolute Gasteiger partial charge is 0.502 e. The fraction of sp³-hybridized carbons (Fsp3) is 0.368. The van der Waals surface area contributed by atoms with Crippen LogP contribution in [0.3, 0.4) is 0 Å². The zero-order valence-corrected chi connectivity index (χ0v) is 14.0. The third-order valence-electron chi connectivity index (χ3n) is 4.52. The van der Waals surface area contributed by atoms with E-state index in [4.69, 9.17) is 9.47 Å². The molecule has 2 aromatic rings. The fourth-order valence-electron chi connectivity index (χ4n) is 3.38. The third kappa shape index (κ3) is 3.31. The van der Waals surface area contributed by atoms with E-state index < -0.39 is 0 Å². The summed E-state index contributed by atoms with van der Waals surface area (Å²) in [6, 6.07) is 10.7. The number of methoxy groups -OCH3 is 2. The maximum absolute atomic E-state index is 13.5. The lowest BCUT2D eigenvalue weighted by atomic mass is 10.0. The van der Waals surface area contributed by atoms with Gasteiger partial charge in [0.05, 0.1) is 14.2 Å². The molecule has 1 saturated heterocycles. The van der Waals surface area contributed by atoms with Crippen LogP contribution in [0.5, 0.6) is 17.2 Å². The Kier molecular flexibility index (Phi) is 4.90. The highest BCUT2D eigenvalue weighted by Crippen LogP contribution is 2.39. The maximum Gasteiger partial charge on any atom is 0.200 e. The summed E-state index contributed by atoms with van der Waals surface area (Å²) >= 11 is 0. The molecule has 2 aromatic carbocycles. The van der Waals surface area contributed by atoms with E-state index in [0.717, 1.165) is 30.5 Å². The Morgan fingerprint density at radius 1 is 1.17 bits per heavy atom. The average Bonchev–Trinajstić information content (AvgIpc) is 3.04. The molecule has 24 heavy (non-hydrogen) atoms. The highest BCUT2D eigenvalue weighted by Gasteiger charge is 2.26. The molecular weight excluding hydrogens is 309 g/mol. The van der Waals surface area contributed by atoms with Crippen LogP contribution in [-0.4, -0.2) is 30.8 Å². The van der Waals surface area contributed by atoms with Crippen molar-refractivity contribution >= 4 is 0 Å². The fourth-order valence-corrected chi connectivity index (χ4v) is 3.38. The molecule has 128 valence electrons. The average molecular weight is 331 g/mol. The summed E-state index contributed by atoms with van der Waals surface area (Å²) in [5.74, 6) is 0.593. The minimum absolute atomic E-state index is 0.00634. The van der Waals surface area contributed by atoms with Crippen LogP contribution in [0.25, 0.3) is 0 Å². The smallest absolute Gasteiger partial charge is 0.200 e. The van der Waals surface area contributed by atoms with Gasteiger partial charge in [-0.2, -0.15) is 0 Å². The number of phenols is 1. The molecule has 0 unspecified atom stereocenters. The van der Waals surface area contributed by atoms with E-state index in [9.17, 15) is 9.50 Å². The predicted molar refractivity (Wildman–Crippen MR) is 90.0 cm³/mol. The third-order valence-corrected chi connectivity index (χ3v) is 4.52. The van der Waals surface area contributed by atoms with Crippen LogP contribution in [0.4, 0.5) is 4.39 Å². The van der Waals surface area contributed by atoms with Crippen LogP contribution in [-0.2, 0) is 6.54 Å². The van der Waals surface area contributed by atoms with Crippen molar-refractivity contribution in [3.63, 3.8) is 0 Å². The maximum atomic E-state index is 13.5. The number of nitrogens with zero attached hydrogens (tertiary/aromatic N) is 1. The molecule has 0 bridgehead atoms. The molecule has 0 aromatic heterocycles. The molecule has 1 fully saturated rings. The second-order valence-corrected chi connectivity index (χ2v) is 6.03. The highest BCUT2D eigenvalue weighted by atomic mass is 19.1. The molecule has 1 aliphatic heterocycles. The zero-order valence-electron chi connectivity index (χ0n) is 14.0. The Hall–Kier alpha value is -2.27. The highest BCUT2D eigenvalue weighted by molar-refractivity contribution is 5.52. The van der Waals surface area contributed by atoms with E-state index in [0.29, 0.717) is 18.0 Å². The lowest BCUT2D eigenvalue weighted by Gasteiger charge is -2.25. The van der Waals surface area contributed by atoms with E-state index in [1.807, 2.05) is 18.2 Å². The number of phenolic OH excluding ortho intramolecular Hbond substituents is 1. The number of likely N-dealkylation sites (tertiary alicyclic amines) is 1. The van der Waals surface area contributed by atoms with Gasteiger partial charge < -0.3 is 14.6 Å². The first-order valence-corrected chi connectivity index (χ1v) is 8.05. The van der Waals surface area contributed by atoms with Crippen molar-refractivity contribution in [3.8, 4) is 17.2 Å². The number of halogens is 1. The van der Waals surface area contributed by atoms with Gasteiger partial charge in [0.15, 0.2) is 11.5 Å². The monoisotopic (exact) mass is 331 g/mol. The summed E-state index contributed by atoms with van der Waals surface area (Å²) in [5, 5.41) is 10.0. The Balaban J connectivity index is 1.84. The lowest BCUT2D eigenvalue weighted by Crippen LogP contribution is -2.22. The summed E-state index contributed by atoms with van der Waals surface area (Å²) in [6.45, 7) is 1.64. The molecule has 1 heterocycles. The van der Waals surface area contributed by atoms with E-state index in [2.05, 4.69) is 4.90 Å². The standard InChI is InChI=1S/C19H22FNO3/c1-23-17-9-13(10-18(24-2)19(17)22)12-21-8-4-7-16(21)14-5-3-6-15(20)11-14/h3,5-6,9-11,16,22H,4,7-8,12H2,1-2H3/t16-/m1/s1. The quantitative estimate of drug-likeness (QED) is 0.903. The number of hydrogen-bond acceptors (Lipinski definition) is 4. The van der Waals surface area contributed by atoms with Gasteiger partial charge in [0.1, 0.15) is 5.82 Å². The molecule has 3 rings (SSSR count). The van der Waals surface area contributed by atoms with E-state index in [-0.39, 0.29) is 17.6 Å². The number of aromatic hydroxyl groups is 1. The number of hydrogen-bond donors (Lipinski definition) is 1. The Morgan fingerprint density at radius 2 is 1.88 bits per heavy atom. The summed E-state index contributed by atoms with van der Waals surface area (Å²) in [7, 11) is 3.04. The van der Waals surface area contributed by atoms with E-state index >= 15 is 0 Å². The molecule has 1 N–H and O–H groups in total. The van der Waals surface area contributed by atoms with Crippen LogP contribution < -0.4 is 9.47 Å². The summed E-state index contributed by atoms with van der Waals surface area (Å²) in [6.07, 6.45) is 2.09. The van der Waals surface area contributed by atoms with Crippen molar-refractivity contribution in [2.75, 3.05) is 20.8 Å². The second kappa shape index (κ2) is 7.09. The summed E-state index contributed by atoms with van der Waals surface area (Å²) in [5.41, 5.74) is 2.00. The second-order valence-electron chi connectivity index (χ2n) is 6.03. The molecule has 0 aliphatic carbocycles. The van der Waals surface area contributed by atoms with Crippen molar-refractivity contribution in [2.24, 2.45) is 0 Å². The van der Waals surface area contributed by atoms with Gasteiger partial charge >= 0.3 is 0 Å². The predicted octanol–water partition coefficient (Wildman–Crippen LogP) is 3.89.